The molecule has 0 unspecified atom stereocenters. The molecule has 0 N–H and O–H groups in total. The number of rotatable bonds is 2. The molecule has 18 heavy (non-hydrogen) atoms. The minimum atomic E-state index is 0.715. The van der Waals surface area contributed by atoms with Crippen molar-refractivity contribution in [3.63, 3.8) is 0 Å². The lowest BCUT2D eigenvalue weighted by atomic mass is 10.2. The zero-order valence-corrected chi connectivity index (χ0v) is 11.8. The fourth-order valence-electron chi connectivity index (χ4n) is 1.93. The summed E-state index contributed by atoms with van der Waals surface area (Å²) in [6.07, 6.45) is 1.98. The molecule has 2 aromatic carbocycles. The van der Waals surface area contributed by atoms with Gasteiger partial charge in [0.05, 0.1) is 17.1 Å². The van der Waals surface area contributed by atoms with E-state index in [4.69, 9.17) is 11.6 Å². The molecule has 3 aromatic rings. The van der Waals surface area contributed by atoms with E-state index in [0.29, 0.717) is 5.02 Å². The van der Waals surface area contributed by atoms with Crippen LogP contribution < -0.4 is 0 Å². The summed E-state index contributed by atoms with van der Waals surface area (Å²) in [6, 6.07) is 14.1. The molecule has 0 amide bonds. The van der Waals surface area contributed by atoms with Crippen molar-refractivity contribution in [3.8, 4) is 0 Å². The van der Waals surface area contributed by atoms with Crippen molar-refractivity contribution in [1.29, 1.82) is 0 Å². The van der Waals surface area contributed by atoms with Crippen molar-refractivity contribution in [2.45, 2.75) is 6.54 Å². The third-order valence-corrected chi connectivity index (χ3v) is 4.11. The Kier molecular flexibility index (Phi) is 3.10. The van der Waals surface area contributed by atoms with Gasteiger partial charge in [0.1, 0.15) is 0 Å². The van der Waals surface area contributed by atoms with Gasteiger partial charge in [0.2, 0.25) is 0 Å². The highest BCUT2D eigenvalue weighted by Gasteiger charge is 2.07. The van der Waals surface area contributed by atoms with E-state index in [9.17, 15) is 0 Å². The molecule has 0 atom stereocenters. The third-order valence-electron chi connectivity index (χ3n) is 2.81. The third kappa shape index (κ3) is 2.16. The SMILES string of the molecule is Clc1c(Br)ccc2nn(Cc3ccccc3)cc12. The van der Waals surface area contributed by atoms with Gasteiger partial charge in [-0.15, -0.1) is 0 Å². The van der Waals surface area contributed by atoms with E-state index >= 15 is 0 Å². The van der Waals surface area contributed by atoms with Crippen LogP contribution >= 0.6 is 27.5 Å². The number of nitrogens with zero attached hydrogens (tertiary/aromatic N) is 2. The van der Waals surface area contributed by atoms with Crippen LogP contribution in [-0.4, -0.2) is 9.78 Å². The summed E-state index contributed by atoms with van der Waals surface area (Å²) in [5.41, 5.74) is 2.14. The summed E-state index contributed by atoms with van der Waals surface area (Å²) in [4.78, 5) is 0. The maximum atomic E-state index is 6.24. The molecule has 0 bridgehead atoms. The van der Waals surface area contributed by atoms with Gasteiger partial charge in [-0.2, -0.15) is 5.10 Å². The van der Waals surface area contributed by atoms with E-state index in [0.717, 1.165) is 21.9 Å². The Hall–Kier alpha value is -1.32. The maximum absolute atomic E-state index is 6.24. The summed E-state index contributed by atoms with van der Waals surface area (Å²) >= 11 is 9.67. The van der Waals surface area contributed by atoms with Crippen LogP contribution in [0.25, 0.3) is 10.9 Å². The fourth-order valence-corrected chi connectivity index (χ4v) is 2.49. The quantitative estimate of drug-likeness (QED) is 0.679. The lowest BCUT2D eigenvalue weighted by Gasteiger charge is -2.00. The molecule has 4 heteroatoms. The first-order valence-corrected chi connectivity index (χ1v) is 6.76. The molecule has 0 fully saturated rings. The summed E-state index contributed by atoms with van der Waals surface area (Å²) < 4.78 is 2.81. The van der Waals surface area contributed by atoms with Gasteiger partial charge in [-0.25, -0.2) is 0 Å². The second-order valence-electron chi connectivity index (χ2n) is 4.11. The molecule has 1 heterocycles. The van der Waals surface area contributed by atoms with Crippen LogP contribution in [0.15, 0.2) is 53.1 Å². The topological polar surface area (TPSA) is 17.8 Å². The van der Waals surface area contributed by atoms with Crippen molar-refractivity contribution in [2.75, 3.05) is 0 Å². The van der Waals surface area contributed by atoms with Gasteiger partial charge in [0.15, 0.2) is 0 Å². The largest absolute Gasteiger partial charge is 0.267 e. The fraction of sp³-hybridized carbons (Fsp3) is 0.0714. The van der Waals surface area contributed by atoms with Crippen molar-refractivity contribution < 1.29 is 0 Å². The molecule has 0 aliphatic rings. The summed E-state index contributed by atoms with van der Waals surface area (Å²) in [6.45, 7) is 0.753. The molecule has 0 radical (unpaired) electrons. The molecule has 2 nitrogen and oxygen atoms in total. The number of benzene rings is 2. The zero-order chi connectivity index (χ0) is 12.5. The first-order chi connectivity index (χ1) is 8.74. The van der Waals surface area contributed by atoms with Gasteiger partial charge in [-0.05, 0) is 33.6 Å². The normalized spacial score (nSPS) is 11.0. The van der Waals surface area contributed by atoms with E-state index in [1.807, 2.05) is 41.2 Å². The highest BCUT2D eigenvalue weighted by atomic mass is 79.9. The van der Waals surface area contributed by atoms with E-state index < -0.39 is 0 Å². The highest BCUT2D eigenvalue weighted by molar-refractivity contribution is 9.10. The van der Waals surface area contributed by atoms with Crippen molar-refractivity contribution in [3.05, 3.63) is 63.7 Å². The van der Waals surface area contributed by atoms with E-state index in [2.05, 4.69) is 33.2 Å². The Morgan fingerprint density at radius 3 is 2.67 bits per heavy atom. The van der Waals surface area contributed by atoms with Gasteiger partial charge < -0.3 is 0 Å². The number of halogens is 2. The Balaban J connectivity index is 2.02. The Bertz CT molecular complexity index is 692. The van der Waals surface area contributed by atoms with Gasteiger partial charge >= 0.3 is 0 Å². The number of hydrogen-bond acceptors (Lipinski definition) is 1. The standard InChI is InChI=1S/C14H10BrClN2/c15-12-6-7-13-11(14(12)16)9-18(17-13)8-10-4-2-1-3-5-10/h1-7,9H,8H2. The molecule has 0 spiro atoms. The lowest BCUT2D eigenvalue weighted by molar-refractivity contribution is 0.696. The predicted octanol–water partition coefficient (Wildman–Crippen LogP) is 4.50. The first-order valence-electron chi connectivity index (χ1n) is 5.59. The average molecular weight is 322 g/mol. The Morgan fingerprint density at radius 2 is 1.89 bits per heavy atom. The molecule has 90 valence electrons. The molecule has 0 aliphatic heterocycles. The summed E-state index contributed by atoms with van der Waals surface area (Å²) in [7, 11) is 0. The predicted molar refractivity (Wildman–Crippen MR) is 78.0 cm³/mol. The minimum absolute atomic E-state index is 0.715. The monoisotopic (exact) mass is 320 g/mol. The van der Waals surface area contributed by atoms with Crippen LogP contribution in [0.3, 0.4) is 0 Å². The van der Waals surface area contributed by atoms with Gasteiger partial charge in [0, 0.05) is 16.1 Å². The molecular formula is C14H10BrClN2. The van der Waals surface area contributed by atoms with Gasteiger partial charge in [-0.3, -0.25) is 4.68 Å². The van der Waals surface area contributed by atoms with Crippen molar-refractivity contribution in [2.24, 2.45) is 0 Å². The molecule has 0 saturated carbocycles. The van der Waals surface area contributed by atoms with Gasteiger partial charge in [-0.1, -0.05) is 41.9 Å². The van der Waals surface area contributed by atoms with E-state index in [1.54, 1.807) is 0 Å². The maximum Gasteiger partial charge on any atom is 0.0939 e. The number of aromatic nitrogens is 2. The number of hydrogen-bond donors (Lipinski definition) is 0. The molecule has 1 aromatic heterocycles. The van der Waals surface area contributed by atoms with Crippen LogP contribution in [0, 0.1) is 0 Å². The second kappa shape index (κ2) is 4.75. The molecule has 0 aliphatic carbocycles. The van der Waals surface area contributed by atoms with Crippen LogP contribution in [0.5, 0.6) is 0 Å². The minimum Gasteiger partial charge on any atom is -0.267 e. The molecular weight excluding hydrogens is 312 g/mol. The smallest absolute Gasteiger partial charge is 0.0939 e. The second-order valence-corrected chi connectivity index (χ2v) is 5.34. The van der Waals surface area contributed by atoms with Crippen molar-refractivity contribution >= 4 is 38.4 Å². The molecule has 0 saturated heterocycles. The van der Waals surface area contributed by atoms with E-state index in [-0.39, 0.29) is 0 Å². The number of fused-ring (bicyclic) bond motifs is 1. The van der Waals surface area contributed by atoms with Gasteiger partial charge in [0.25, 0.3) is 0 Å². The highest BCUT2D eigenvalue weighted by Crippen LogP contribution is 2.30. The van der Waals surface area contributed by atoms with Crippen molar-refractivity contribution in [1.82, 2.24) is 9.78 Å². The van der Waals surface area contributed by atoms with E-state index in [1.165, 1.54) is 5.56 Å². The molecule has 3 rings (SSSR count). The van der Waals surface area contributed by atoms with Crippen LogP contribution in [-0.2, 0) is 6.54 Å². The van der Waals surface area contributed by atoms with Crippen LogP contribution in [0.1, 0.15) is 5.56 Å². The summed E-state index contributed by atoms with van der Waals surface area (Å²) in [5, 5.41) is 6.21. The zero-order valence-electron chi connectivity index (χ0n) is 9.48. The summed E-state index contributed by atoms with van der Waals surface area (Å²) in [5.74, 6) is 0. The van der Waals surface area contributed by atoms with Crippen LogP contribution in [0.4, 0.5) is 0 Å². The first kappa shape index (κ1) is 11.8. The Labute approximate surface area is 118 Å². The van der Waals surface area contributed by atoms with Crippen LogP contribution in [0.2, 0.25) is 5.02 Å². The average Bonchev–Trinajstić information content (AvgIpc) is 2.79. The Morgan fingerprint density at radius 1 is 1.11 bits per heavy atom. The lowest BCUT2D eigenvalue weighted by Crippen LogP contribution is -1.99.